The van der Waals surface area contributed by atoms with Crippen LogP contribution >= 0.6 is 0 Å². The summed E-state index contributed by atoms with van der Waals surface area (Å²) in [6.45, 7) is 1.33. The van der Waals surface area contributed by atoms with E-state index in [9.17, 15) is 22.4 Å². The first-order chi connectivity index (χ1) is 14.4. The standard InChI is InChI=1S/C21H23F4N3O2/c22-18-5-4-16(9-19(18)23)28-7-6-15(12-28)11-27-21(29)26-10-14-2-1-3-17(8-14)30-13-20(24)25/h1-5,8-9,15,20H,6-7,10-13H2,(H2,26,27,29). The Morgan fingerprint density at radius 3 is 2.73 bits per heavy atom. The molecule has 2 N–H and O–H groups in total. The smallest absolute Gasteiger partial charge is 0.315 e. The summed E-state index contributed by atoms with van der Waals surface area (Å²) in [6, 6.07) is 10.1. The fourth-order valence-corrected chi connectivity index (χ4v) is 3.30. The van der Waals surface area contributed by atoms with Crippen LogP contribution in [0.25, 0.3) is 0 Å². The Hall–Kier alpha value is -2.97. The van der Waals surface area contributed by atoms with Gasteiger partial charge >= 0.3 is 6.03 Å². The number of carbonyl (C=O) groups excluding carboxylic acids is 1. The molecule has 2 aromatic carbocycles. The molecule has 0 bridgehead atoms. The fraction of sp³-hybridized carbons (Fsp3) is 0.381. The third-order valence-corrected chi connectivity index (χ3v) is 4.83. The molecule has 0 aromatic heterocycles. The quantitative estimate of drug-likeness (QED) is 0.630. The lowest BCUT2D eigenvalue weighted by Gasteiger charge is -2.19. The van der Waals surface area contributed by atoms with Crippen LogP contribution in [-0.4, -0.2) is 38.7 Å². The maximum atomic E-state index is 13.4. The van der Waals surface area contributed by atoms with Gasteiger partial charge in [-0.3, -0.25) is 0 Å². The highest BCUT2D eigenvalue weighted by Crippen LogP contribution is 2.25. The molecule has 1 aliphatic heterocycles. The topological polar surface area (TPSA) is 53.6 Å². The van der Waals surface area contributed by atoms with Crippen LogP contribution in [0, 0.1) is 17.6 Å². The second-order valence-corrected chi connectivity index (χ2v) is 7.11. The number of halogens is 4. The van der Waals surface area contributed by atoms with E-state index < -0.39 is 24.7 Å². The third-order valence-electron chi connectivity index (χ3n) is 4.83. The molecule has 0 spiro atoms. The van der Waals surface area contributed by atoms with Crippen molar-refractivity contribution in [3.63, 3.8) is 0 Å². The van der Waals surface area contributed by atoms with Crippen molar-refractivity contribution in [1.82, 2.24) is 10.6 Å². The minimum absolute atomic E-state index is 0.190. The predicted molar refractivity (Wildman–Crippen MR) is 105 cm³/mol. The molecule has 5 nitrogen and oxygen atoms in total. The highest BCUT2D eigenvalue weighted by atomic mass is 19.3. The van der Waals surface area contributed by atoms with E-state index in [0.717, 1.165) is 18.1 Å². The van der Waals surface area contributed by atoms with E-state index >= 15 is 0 Å². The first kappa shape index (κ1) is 21.7. The molecule has 0 aliphatic carbocycles. The SMILES string of the molecule is O=C(NCc1cccc(OCC(F)F)c1)NCC1CCN(c2ccc(F)c(F)c2)C1. The summed E-state index contributed by atoms with van der Waals surface area (Å²) in [7, 11) is 0. The fourth-order valence-electron chi connectivity index (χ4n) is 3.30. The zero-order valence-electron chi connectivity index (χ0n) is 16.2. The van der Waals surface area contributed by atoms with Crippen LogP contribution in [0.1, 0.15) is 12.0 Å². The molecule has 1 atom stereocenters. The van der Waals surface area contributed by atoms with E-state index in [1.165, 1.54) is 6.07 Å². The highest BCUT2D eigenvalue weighted by molar-refractivity contribution is 5.73. The van der Waals surface area contributed by atoms with Crippen molar-refractivity contribution in [2.24, 2.45) is 5.92 Å². The highest BCUT2D eigenvalue weighted by Gasteiger charge is 2.23. The van der Waals surface area contributed by atoms with Gasteiger partial charge in [0, 0.05) is 37.9 Å². The third kappa shape index (κ3) is 6.27. The minimum atomic E-state index is -2.55. The Labute approximate surface area is 172 Å². The van der Waals surface area contributed by atoms with Gasteiger partial charge in [-0.15, -0.1) is 0 Å². The number of hydrogen-bond donors (Lipinski definition) is 2. The van der Waals surface area contributed by atoms with Crippen molar-refractivity contribution in [2.45, 2.75) is 19.4 Å². The maximum Gasteiger partial charge on any atom is 0.315 e. The van der Waals surface area contributed by atoms with Gasteiger partial charge in [-0.25, -0.2) is 22.4 Å². The summed E-state index contributed by atoms with van der Waals surface area (Å²) >= 11 is 0. The average Bonchev–Trinajstić information content (AvgIpc) is 3.20. The van der Waals surface area contributed by atoms with Gasteiger partial charge in [0.15, 0.2) is 11.6 Å². The summed E-state index contributed by atoms with van der Waals surface area (Å²) < 4.78 is 55.9. The Balaban J connectivity index is 1.40. The molecule has 1 aliphatic rings. The Morgan fingerprint density at radius 2 is 1.97 bits per heavy atom. The summed E-state index contributed by atoms with van der Waals surface area (Å²) in [6.07, 6.45) is -1.73. The molecule has 3 rings (SSSR count). The van der Waals surface area contributed by atoms with Gasteiger partial charge in [0.2, 0.25) is 0 Å². The van der Waals surface area contributed by atoms with Gasteiger partial charge in [-0.1, -0.05) is 12.1 Å². The number of hydrogen-bond acceptors (Lipinski definition) is 3. The van der Waals surface area contributed by atoms with E-state index in [-0.39, 0.29) is 18.5 Å². The molecule has 1 unspecified atom stereocenters. The van der Waals surface area contributed by atoms with Gasteiger partial charge in [0.05, 0.1) is 0 Å². The molecule has 2 aromatic rings. The lowest BCUT2D eigenvalue weighted by atomic mass is 10.1. The number of ether oxygens (including phenoxy) is 1. The summed E-state index contributed by atoms with van der Waals surface area (Å²) in [4.78, 5) is 14.0. The van der Waals surface area contributed by atoms with Crippen LogP contribution in [0.3, 0.4) is 0 Å². The van der Waals surface area contributed by atoms with Gasteiger partial charge in [0.25, 0.3) is 6.43 Å². The van der Waals surface area contributed by atoms with Crippen LogP contribution in [0.2, 0.25) is 0 Å². The minimum Gasteiger partial charge on any atom is -0.488 e. The zero-order chi connectivity index (χ0) is 21.5. The molecule has 1 heterocycles. The molecule has 2 amide bonds. The molecule has 30 heavy (non-hydrogen) atoms. The van der Waals surface area contributed by atoms with Crippen LogP contribution in [0.15, 0.2) is 42.5 Å². The van der Waals surface area contributed by atoms with Crippen molar-refractivity contribution in [3.8, 4) is 5.75 Å². The number of rotatable bonds is 8. The van der Waals surface area contributed by atoms with Crippen LogP contribution in [-0.2, 0) is 6.54 Å². The number of nitrogens with zero attached hydrogens (tertiary/aromatic N) is 1. The summed E-state index contributed by atoms with van der Waals surface area (Å²) in [5.41, 5.74) is 1.34. The Morgan fingerprint density at radius 1 is 1.13 bits per heavy atom. The van der Waals surface area contributed by atoms with Gasteiger partial charge < -0.3 is 20.3 Å². The van der Waals surface area contributed by atoms with Crippen LogP contribution in [0.4, 0.5) is 28.0 Å². The normalized spacial score (nSPS) is 16.0. The molecule has 162 valence electrons. The van der Waals surface area contributed by atoms with Crippen molar-refractivity contribution in [2.75, 3.05) is 31.1 Å². The summed E-state index contributed by atoms with van der Waals surface area (Å²) in [5.74, 6) is -1.25. The summed E-state index contributed by atoms with van der Waals surface area (Å²) in [5, 5.41) is 5.51. The van der Waals surface area contributed by atoms with E-state index in [1.54, 1.807) is 30.3 Å². The monoisotopic (exact) mass is 425 g/mol. The van der Waals surface area contributed by atoms with Crippen molar-refractivity contribution < 1.29 is 27.1 Å². The molecule has 1 saturated heterocycles. The van der Waals surface area contributed by atoms with Gasteiger partial charge in [0.1, 0.15) is 12.4 Å². The van der Waals surface area contributed by atoms with Crippen LogP contribution in [0.5, 0.6) is 5.75 Å². The van der Waals surface area contributed by atoms with Gasteiger partial charge in [-0.05, 0) is 42.2 Å². The van der Waals surface area contributed by atoms with Crippen molar-refractivity contribution >= 4 is 11.7 Å². The number of benzene rings is 2. The molecular formula is C21H23F4N3O2. The maximum absolute atomic E-state index is 13.4. The average molecular weight is 425 g/mol. The Kier molecular flexibility index (Phi) is 7.37. The lowest BCUT2D eigenvalue weighted by molar-refractivity contribution is 0.0818. The van der Waals surface area contributed by atoms with Crippen LogP contribution < -0.4 is 20.3 Å². The lowest BCUT2D eigenvalue weighted by Crippen LogP contribution is -2.38. The molecule has 0 radical (unpaired) electrons. The number of anilines is 1. The van der Waals surface area contributed by atoms with Gasteiger partial charge in [-0.2, -0.15) is 0 Å². The Bertz CT molecular complexity index is 866. The largest absolute Gasteiger partial charge is 0.488 e. The number of nitrogens with one attached hydrogen (secondary N) is 2. The second-order valence-electron chi connectivity index (χ2n) is 7.11. The predicted octanol–water partition coefficient (Wildman–Crippen LogP) is 3.93. The van der Waals surface area contributed by atoms with E-state index in [1.807, 2.05) is 4.90 Å². The molecule has 0 saturated carbocycles. The first-order valence-electron chi connectivity index (χ1n) is 9.62. The van der Waals surface area contributed by atoms with E-state index in [0.29, 0.717) is 31.1 Å². The second kappa shape index (κ2) is 10.2. The van der Waals surface area contributed by atoms with Crippen molar-refractivity contribution in [1.29, 1.82) is 0 Å². The number of alkyl halides is 2. The zero-order valence-corrected chi connectivity index (χ0v) is 16.2. The van der Waals surface area contributed by atoms with E-state index in [4.69, 9.17) is 4.74 Å². The number of amides is 2. The molecular weight excluding hydrogens is 402 g/mol. The van der Waals surface area contributed by atoms with Crippen molar-refractivity contribution in [3.05, 3.63) is 59.7 Å². The first-order valence-corrected chi connectivity index (χ1v) is 9.62. The van der Waals surface area contributed by atoms with E-state index in [2.05, 4.69) is 10.6 Å². The number of urea groups is 1. The molecule has 1 fully saturated rings. The molecule has 9 heteroatoms. The number of carbonyl (C=O) groups is 1.